The third kappa shape index (κ3) is 7.60. The van der Waals surface area contributed by atoms with Crippen molar-refractivity contribution < 1.29 is 18.7 Å². The van der Waals surface area contributed by atoms with Gasteiger partial charge < -0.3 is 10.1 Å². The Labute approximate surface area is 159 Å². The van der Waals surface area contributed by atoms with Crippen molar-refractivity contribution in [3.63, 3.8) is 0 Å². The van der Waals surface area contributed by atoms with Crippen LogP contribution in [0.1, 0.15) is 55.1 Å². The molecule has 0 bridgehead atoms. The molecular formula is C22H26FNO3. The standard InChI is InChI=1S/C22H26FNO3/c1-22(2,3)27-21(26)24-13-5-8-20(25)18-7-4-6-17(15-18)14-16-9-11-19(23)12-10-16/h4,6-7,9-12,15H,5,8,13-14H2,1-3H3,(H,24,26). The van der Waals surface area contributed by atoms with Gasteiger partial charge >= 0.3 is 6.09 Å². The maximum Gasteiger partial charge on any atom is 0.407 e. The molecule has 0 heterocycles. The van der Waals surface area contributed by atoms with Gasteiger partial charge in [-0.15, -0.1) is 0 Å². The first-order valence-corrected chi connectivity index (χ1v) is 9.06. The Morgan fingerprint density at radius 2 is 1.74 bits per heavy atom. The van der Waals surface area contributed by atoms with Crippen LogP contribution < -0.4 is 5.32 Å². The Balaban J connectivity index is 1.82. The predicted molar refractivity (Wildman–Crippen MR) is 103 cm³/mol. The summed E-state index contributed by atoms with van der Waals surface area (Å²) in [5.41, 5.74) is 2.10. The van der Waals surface area contributed by atoms with Crippen LogP contribution in [0.2, 0.25) is 0 Å². The summed E-state index contributed by atoms with van der Waals surface area (Å²) in [4.78, 5) is 23.9. The summed E-state index contributed by atoms with van der Waals surface area (Å²) < 4.78 is 18.1. The van der Waals surface area contributed by atoms with Crippen molar-refractivity contribution in [1.82, 2.24) is 5.32 Å². The van der Waals surface area contributed by atoms with Crippen LogP contribution in [-0.4, -0.2) is 24.0 Å². The number of Topliss-reactive ketones (excluding diaryl/α,β-unsaturated/α-hetero) is 1. The third-order valence-electron chi connectivity index (χ3n) is 3.82. The van der Waals surface area contributed by atoms with E-state index in [-0.39, 0.29) is 11.6 Å². The van der Waals surface area contributed by atoms with Gasteiger partial charge in [-0.1, -0.05) is 30.3 Å². The number of amides is 1. The van der Waals surface area contributed by atoms with Gasteiger partial charge in [-0.25, -0.2) is 9.18 Å². The van der Waals surface area contributed by atoms with E-state index in [4.69, 9.17) is 4.74 Å². The zero-order valence-electron chi connectivity index (χ0n) is 16.0. The number of carbonyl (C=O) groups excluding carboxylic acids is 2. The van der Waals surface area contributed by atoms with E-state index < -0.39 is 11.7 Å². The van der Waals surface area contributed by atoms with Crippen LogP contribution in [0.15, 0.2) is 48.5 Å². The lowest BCUT2D eigenvalue weighted by atomic mass is 9.99. The van der Waals surface area contributed by atoms with Gasteiger partial charge in [0.15, 0.2) is 5.78 Å². The van der Waals surface area contributed by atoms with Crippen molar-refractivity contribution in [3.8, 4) is 0 Å². The molecule has 0 aliphatic heterocycles. The van der Waals surface area contributed by atoms with E-state index in [1.165, 1.54) is 12.1 Å². The fourth-order valence-corrected chi connectivity index (χ4v) is 2.59. The lowest BCUT2D eigenvalue weighted by molar-refractivity contribution is 0.0525. The zero-order chi connectivity index (χ0) is 19.9. The minimum Gasteiger partial charge on any atom is -0.444 e. The number of ketones is 1. The minimum atomic E-state index is -0.537. The highest BCUT2D eigenvalue weighted by Crippen LogP contribution is 2.14. The summed E-state index contributed by atoms with van der Waals surface area (Å²) in [6.07, 6.45) is 1.05. The highest BCUT2D eigenvalue weighted by Gasteiger charge is 2.15. The number of hydrogen-bond donors (Lipinski definition) is 1. The molecule has 0 aliphatic rings. The number of rotatable bonds is 7. The summed E-state index contributed by atoms with van der Waals surface area (Å²) in [5.74, 6) is -0.232. The maximum absolute atomic E-state index is 13.0. The average molecular weight is 371 g/mol. The molecule has 5 heteroatoms. The van der Waals surface area contributed by atoms with Gasteiger partial charge in [-0.2, -0.15) is 0 Å². The van der Waals surface area contributed by atoms with Gasteiger partial charge in [-0.3, -0.25) is 4.79 Å². The topological polar surface area (TPSA) is 55.4 Å². The van der Waals surface area contributed by atoms with E-state index >= 15 is 0 Å². The Morgan fingerprint density at radius 1 is 1.04 bits per heavy atom. The SMILES string of the molecule is CC(C)(C)OC(=O)NCCCC(=O)c1cccc(Cc2ccc(F)cc2)c1. The molecule has 2 aromatic carbocycles. The van der Waals surface area contributed by atoms with E-state index in [2.05, 4.69) is 5.32 Å². The van der Waals surface area contributed by atoms with Crippen molar-refractivity contribution in [3.05, 3.63) is 71.0 Å². The fraction of sp³-hybridized carbons (Fsp3) is 0.364. The Kier molecular flexibility index (Phi) is 7.11. The summed E-state index contributed by atoms with van der Waals surface area (Å²) in [6.45, 7) is 5.79. The molecule has 0 saturated carbocycles. The molecule has 0 atom stereocenters. The number of ether oxygens (including phenoxy) is 1. The van der Waals surface area contributed by atoms with Crippen molar-refractivity contribution in [2.45, 2.75) is 45.6 Å². The van der Waals surface area contributed by atoms with E-state index in [0.717, 1.165) is 11.1 Å². The Hall–Kier alpha value is -2.69. The second kappa shape index (κ2) is 9.31. The molecule has 4 nitrogen and oxygen atoms in total. The van der Waals surface area contributed by atoms with Gasteiger partial charge in [0.2, 0.25) is 0 Å². The van der Waals surface area contributed by atoms with Crippen LogP contribution in [0.25, 0.3) is 0 Å². The van der Waals surface area contributed by atoms with Gasteiger partial charge in [0.25, 0.3) is 0 Å². The highest BCUT2D eigenvalue weighted by molar-refractivity contribution is 5.96. The van der Waals surface area contributed by atoms with Crippen molar-refractivity contribution in [2.75, 3.05) is 6.54 Å². The number of alkyl carbamates (subject to hydrolysis) is 1. The van der Waals surface area contributed by atoms with Crippen molar-refractivity contribution in [2.24, 2.45) is 0 Å². The molecule has 0 saturated heterocycles. The highest BCUT2D eigenvalue weighted by atomic mass is 19.1. The molecule has 2 aromatic rings. The monoisotopic (exact) mass is 371 g/mol. The molecule has 144 valence electrons. The number of carbonyl (C=O) groups is 2. The van der Waals surface area contributed by atoms with Crippen LogP contribution in [0.4, 0.5) is 9.18 Å². The van der Waals surface area contributed by atoms with E-state index in [1.54, 1.807) is 39.0 Å². The fourth-order valence-electron chi connectivity index (χ4n) is 2.59. The third-order valence-corrected chi connectivity index (χ3v) is 3.82. The van der Waals surface area contributed by atoms with E-state index in [1.807, 2.05) is 18.2 Å². The van der Waals surface area contributed by atoms with Crippen LogP contribution in [0.5, 0.6) is 0 Å². The first-order valence-electron chi connectivity index (χ1n) is 9.06. The second-order valence-corrected chi connectivity index (χ2v) is 7.46. The smallest absolute Gasteiger partial charge is 0.407 e. The summed E-state index contributed by atoms with van der Waals surface area (Å²) >= 11 is 0. The Bertz CT molecular complexity index is 779. The van der Waals surface area contributed by atoms with Gasteiger partial charge in [-0.05, 0) is 62.9 Å². The van der Waals surface area contributed by atoms with Gasteiger partial charge in [0.05, 0.1) is 0 Å². The lowest BCUT2D eigenvalue weighted by Crippen LogP contribution is -2.33. The number of benzene rings is 2. The van der Waals surface area contributed by atoms with Gasteiger partial charge in [0.1, 0.15) is 11.4 Å². The number of nitrogens with one attached hydrogen (secondary N) is 1. The minimum absolute atomic E-state index is 0.0296. The van der Waals surface area contributed by atoms with Crippen LogP contribution in [-0.2, 0) is 11.2 Å². The normalized spacial score (nSPS) is 11.1. The first kappa shape index (κ1) is 20.6. The molecule has 27 heavy (non-hydrogen) atoms. The zero-order valence-corrected chi connectivity index (χ0v) is 16.0. The molecule has 0 spiro atoms. The molecule has 0 radical (unpaired) electrons. The van der Waals surface area contributed by atoms with E-state index in [9.17, 15) is 14.0 Å². The van der Waals surface area contributed by atoms with Crippen molar-refractivity contribution >= 4 is 11.9 Å². The van der Waals surface area contributed by atoms with Crippen LogP contribution in [0.3, 0.4) is 0 Å². The second-order valence-electron chi connectivity index (χ2n) is 7.46. The molecule has 1 N–H and O–H groups in total. The lowest BCUT2D eigenvalue weighted by Gasteiger charge is -2.19. The predicted octanol–water partition coefficient (Wildman–Crippen LogP) is 4.90. The van der Waals surface area contributed by atoms with Gasteiger partial charge in [0, 0.05) is 18.5 Å². The molecular weight excluding hydrogens is 345 g/mol. The van der Waals surface area contributed by atoms with Crippen LogP contribution >= 0.6 is 0 Å². The molecule has 0 unspecified atom stereocenters. The van der Waals surface area contributed by atoms with E-state index in [0.29, 0.717) is 31.4 Å². The number of hydrogen-bond acceptors (Lipinski definition) is 3. The number of halogens is 1. The molecule has 0 fully saturated rings. The first-order chi connectivity index (χ1) is 12.7. The van der Waals surface area contributed by atoms with Crippen molar-refractivity contribution in [1.29, 1.82) is 0 Å². The average Bonchev–Trinajstić information content (AvgIpc) is 2.59. The largest absolute Gasteiger partial charge is 0.444 e. The summed E-state index contributed by atoms with van der Waals surface area (Å²) in [6, 6.07) is 13.8. The Morgan fingerprint density at radius 3 is 2.41 bits per heavy atom. The molecule has 0 aliphatic carbocycles. The quantitative estimate of drug-likeness (QED) is 0.556. The molecule has 1 amide bonds. The van der Waals surface area contributed by atoms with Crippen LogP contribution in [0, 0.1) is 5.82 Å². The maximum atomic E-state index is 13.0. The molecule has 2 rings (SSSR count). The molecule has 0 aromatic heterocycles. The summed E-state index contributed by atoms with van der Waals surface area (Å²) in [5, 5.41) is 2.65. The summed E-state index contributed by atoms with van der Waals surface area (Å²) in [7, 11) is 0.